The molecule has 2 aromatic rings. The number of nitrogens with zero attached hydrogens (tertiary/aromatic N) is 2. The van der Waals surface area contributed by atoms with Gasteiger partial charge in [0.25, 0.3) is 11.5 Å². The van der Waals surface area contributed by atoms with Crippen molar-refractivity contribution in [1.29, 1.82) is 0 Å². The van der Waals surface area contributed by atoms with Crippen LogP contribution in [-0.4, -0.2) is 43.9 Å². The molecule has 1 amide bonds. The van der Waals surface area contributed by atoms with E-state index in [4.69, 9.17) is 0 Å². The van der Waals surface area contributed by atoms with Gasteiger partial charge in [0.15, 0.2) is 0 Å². The van der Waals surface area contributed by atoms with E-state index in [9.17, 15) is 14.7 Å². The Morgan fingerprint density at radius 3 is 2.70 bits per heavy atom. The maximum absolute atomic E-state index is 12.8. The maximum atomic E-state index is 12.8. The fourth-order valence-corrected chi connectivity index (χ4v) is 3.46. The maximum Gasteiger partial charge on any atom is 0.272 e. The number of likely N-dealkylation sites (tertiary alicyclic amines) is 1. The highest BCUT2D eigenvalue weighted by molar-refractivity contribution is 5.92. The van der Waals surface area contributed by atoms with Crippen molar-refractivity contribution >= 4 is 5.91 Å². The highest BCUT2D eigenvalue weighted by Gasteiger charge is 2.52. The van der Waals surface area contributed by atoms with Gasteiger partial charge in [0.2, 0.25) is 0 Å². The zero-order chi connectivity index (χ0) is 16.0. The van der Waals surface area contributed by atoms with Crippen molar-refractivity contribution in [2.24, 2.45) is 0 Å². The summed E-state index contributed by atoms with van der Waals surface area (Å²) >= 11 is 0. The topological polar surface area (TPSA) is 78.3 Å². The van der Waals surface area contributed by atoms with Crippen LogP contribution in [0, 0.1) is 0 Å². The smallest absolute Gasteiger partial charge is 0.272 e. The second-order valence-electron chi connectivity index (χ2n) is 6.44. The molecule has 1 saturated carbocycles. The number of carbonyl (C=O) groups excluding carboxylic acids is 1. The number of aliphatic hydroxyl groups is 1. The van der Waals surface area contributed by atoms with Gasteiger partial charge in [0.05, 0.1) is 17.3 Å². The van der Waals surface area contributed by atoms with Crippen LogP contribution in [-0.2, 0) is 0 Å². The Kier molecular flexibility index (Phi) is 3.16. The monoisotopic (exact) mass is 313 g/mol. The molecule has 120 valence electrons. The van der Waals surface area contributed by atoms with Gasteiger partial charge in [-0.15, -0.1) is 0 Å². The number of hydrogen-bond donors (Lipinski definition) is 2. The van der Waals surface area contributed by atoms with E-state index in [0.717, 1.165) is 25.7 Å². The first kappa shape index (κ1) is 14.3. The summed E-state index contributed by atoms with van der Waals surface area (Å²) in [6, 6.07) is 10.4. The van der Waals surface area contributed by atoms with Gasteiger partial charge in [-0.1, -0.05) is 18.2 Å². The number of benzene rings is 1. The number of rotatable bonds is 3. The van der Waals surface area contributed by atoms with Gasteiger partial charge >= 0.3 is 0 Å². The molecule has 2 aliphatic rings. The van der Waals surface area contributed by atoms with Gasteiger partial charge < -0.3 is 10.0 Å². The lowest BCUT2D eigenvalue weighted by molar-refractivity contribution is 0.0382. The van der Waals surface area contributed by atoms with E-state index in [-0.39, 0.29) is 23.2 Å². The molecular formula is C17H19N3O3. The van der Waals surface area contributed by atoms with E-state index in [0.29, 0.717) is 12.2 Å². The van der Waals surface area contributed by atoms with Crippen molar-refractivity contribution in [2.75, 3.05) is 6.54 Å². The first-order chi connectivity index (χ1) is 11.1. The average Bonchev–Trinajstić information content (AvgIpc) is 3.01. The lowest BCUT2D eigenvalue weighted by atomic mass is 10.1. The third-order valence-corrected chi connectivity index (χ3v) is 4.86. The number of nitrogens with one attached hydrogen (secondary N) is 1. The number of H-pyrrole nitrogens is 1. The SMILES string of the molecule is O=C(c1cc(=O)n(-c2ccccc2)[nH]1)N1CCCC1C1(O)CC1. The van der Waals surface area contributed by atoms with E-state index in [1.54, 1.807) is 17.0 Å². The Labute approximate surface area is 133 Å². The molecule has 1 atom stereocenters. The summed E-state index contributed by atoms with van der Waals surface area (Å²) in [6.07, 6.45) is 3.22. The fraction of sp³-hybridized carbons (Fsp3) is 0.412. The molecule has 1 aromatic heterocycles. The predicted molar refractivity (Wildman–Crippen MR) is 84.6 cm³/mol. The molecule has 1 aliphatic heterocycles. The van der Waals surface area contributed by atoms with Gasteiger partial charge in [0.1, 0.15) is 5.69 Å². The van der Waals surface area contributed by atoms with Crippen molar-refractivity contribution in [3.63, 3.8) is 0 Å². The molecule has 2 N–H and O–H groups in total. The minimum Gasteiger partial charge on any atom is -0.388 e. The van der Waals surface area contributed by atoms with Crippen LogP contribution in [0.15, 0.2) is 41.2 Å². The Bertz CT molecular complexity index is 789. The van der Waals surface area contributed by atoms with E-state index < -0.39 is 5.60 Å². The third kappa shape index (κ3) is 2.39. The van der Waals surface area contributed by atoms with Crippen molar-refractivity contribution < 1.29 is 9.90 Å². The van der Waals surface area contributed by atoms with Gasteiger partial charge in [-0.2, -0.15) is 0 Å². The number of para-hydroxylation sites is 1. The van der Waals surface area contributed by atoms with E-state index in [1.807, 2.05) is 18.2 Å². The number of aromatic nitrogens is 2. The van der Waals surface area contributed by atoms with Crippen LogP contribution in [0.25, 0.3) is 5.69 Å². The molecule has 1 aliphatic carbocycles. The normalized spacial score (nSPS) is 22.3. The Morgan fingerprint density at radius 1 is 1.26 bits per heavy atom. The standard InChI is InChI=1S/C17H19N3O3/c21-15-11-13(18-20(15)12-5-2-1-3-6-12)16(22)19-10-4-7-14(19)17(23)8-9-17/h1-3,5-6,11,14,18,23H,4,7-10H2. The molecular weight excluding hydrogens is 294 g/mol. The minimum absolute atomic E-state index is 0.126. The molecule has 4 rings (SSSR count). The predicted octanol–water partition coefficient (Wildman–Crippen LogP) is 1.30. The van der Waals surface area contributed by atoms with Crippen molar-refractivity contribution in [1.82, 2.24) is 14.7 Å². The van der Waals surface area contributed by atoms with Crippen molar-refractivity contribution in [3.05, 3.63) is 52.4 Å². The summed E-state index contributed by atoms with van der Waals surface area (Å²) in [7, 11) is 0. The summed E-state index contributed by atoms with van der Waals surface area (Å²) in [4.78, 5) is 26.6. The minimum atomic E-state index is -0.714. The summed E-state index contributed by atoms with van der Waals surface area (Å²) < 4.78 is 1.37. The molecule has 1 unspecified atom stereocenters. The fourth-order valence-electron chi connectivity index (χ4n) is 3.46. The van der Waals surface area contributed by atoms with Crippen LogP contribution in [0.1, 0.15) is 36.2 Å². The van der Waals surface area contributed by atoms with Crippen LogP contribution in [0.5, 0.6) is 0 Å². The van der Waals surface area contributed by atoms with Crippen LogP contribution in [0.2, 0.25) is 0 Å². The lowest BCUT2D eigenvalue weighted by Crippen LogP contribution is -2.44. The van der Waals surface area contributed by atoms with Crippen molar-refractivity contribution in [3.8, 4) is 5.69 Å². The first-order valence-electron chi connectivity index (χ1n) is 7.99. The molecule has 23 heavy (non-hydrogen) atoms. The number of carbonyl (C=O) groups is 1. The Balaban J connectivity index is 1.64. The molecule has 6 heteroatoms. The molecule has 1 aromatic carbocycles. The van der Waals surface area contributed by atoms with Gasteiger partial charge in [0, 0.05) is 12.6 Å². The lowest BCUT2D eigenvalue weighted by Gasteiger charge is -2.28. The summed E-state index contributed by atoms with van der Waals surface area (Å²) in [6.45, 7) is 0.629. The zero-order valence-corrected chi connectivity index (χ0v) is 12.7. The molecule has 2 fully saturated rings. The molecule has 0 bridgehead atoms. The van der Waals surface area contributed by atoms with Crippen LogP contribution in [0.3, 0.4) is 0 Å². The molecule has 1 saturated heterocycles. The van der Waals surface area contributed by atoms with E-state index in [1.165, 1.54) is 10.7 Å². The Morgan fingerprint density at radius 2 is 2.00 bits per heavy atom. The zero-order valence-electron chi connectivity index (χ0n) is 12.7. The van der Waals surface area contributed by atoms with Gasteiger partial charge in [-0.3, -0.25) is 14.7 Å². The highest BCUT2D eigenvalue weighted by atomic mass is 16.3. The largest absolute Gasteiger partial charge is 0.388 e. The third-order valence-electron chi connectivity index (χ3n) is 4.86. The van der Waals surface area contributed by atoms with Crippen LogP contribution in [0.4, 0.5) is 0 Å². The molecule has 2 heterocycles. The molecule has 0 radical (unpaired) electrons. The number of hydrogen-bond acceptors (Lipinski definition) is 3. The molecule has 0 spiro atoms. The number of aromatic amines is 1. The van der Waals surface area contributed by atoms with Gasteiger partial charge in [-0.05, 0) is 37.8 Å². The van der Waals surface area contributed by atoms with Crippen LogP contribution >= 0.6 is 0 Å². The average molecular weight is 313 g/mol. The molecule has 6 nitrogen and oxygen atoms in total. The second-order valence-corrected chi connectivity index (χ2v) is 6.44. The van der Waals surface area contributed by atoms with Gasteiger partial charge in [-0.25, -0.2) is 4.68 Å². The summed E-state index contributed by atoms with van der Waals surface area (Å²) in [5, 5.41) is 13.3. The number of amides is 1. The highest BCUT2D eigenvalue weighted by Crippen LogP contribution is 2.44. The Hall–Kier alpha value is -2.34. The van der Waals surface area contributed by atoms with E-state index in [2.05, 4.69) is 5.10 Å². The van der Waals surface area contributed by atoms with Crippen LogP contribution < -0.4 is 5.56 Å². The second kappa shape index (κ2) is 5.09. The summed E-state index contributed by atoms with van der Waals surface area (Å²) in [5.74, 6) is -0.209. The van der Waals surface area contributed by atoms with E-state index >= 15 is 0 Å². The quantitative estimate of drug-likeness (QED) is 0.896. The first-order valence-corrected chi connectivity index (χ1v) is 7.99. The van der Waals surface area contributed by atoms with Crippen molar-refractivity contribution in [2.45, 2.75) is 37.3 Å². The summed E-state index contributed by atoms with van der Waals surface area (Å²) in [5.41, 5.74) is -0.0140.